The van der Waals surface area contributed by atoms with Crippen molar-refractivity contribution in [2.75, 3.05) is 6.54 Å². The number of hydrogen-bond acceptors (Lipinski definition) is 4. The second kappa shape index (κ2) is 6.22. The van der Waals surface area contributed by atoms with Crippen molar-refractivity contribution in [1.82, 2.24) is 4.90 Å². The Kier molecular flexibility index (Phi) is 4.93. The zero-order valence-corrected chi connectivity index (χ0v) is 10.9. The van der Waals surface area contributed by atoms with Gasteiger partial charge in [0.15, 0.2) is 0 Å². The average molecular weight is 250 g/mol. The smallest absolute Gasteiger partial charge is 0.372 e. The topological polar surface area (TPSA) is 77.5 Å². The van der Waals surface area contributed by atoms with Crippen molar-refractivity contribution < 1.29 is 14.3 Å². The van der Waals surface area contributed by atoms with Gasteiger partial charge in [0.05, 0.1) is 12.6 Å². The third-order valence-corrected chi connectivity index (χ3v) is 2.76. The summed E-state index contributed by atoms with van der Waals surface area (Å²) in [6, 6.07) is 4.12. The van der Waals surface area contributed by atoms with Crippen molar-refractivity contribution in [3.05, 3.63) is 23.2 Å². The predicted molar refractivity (Wildman–Crippen MR) is 66.2 cm³/mol. The van der Waals surface area contributed by atoms with Crippen molar-refractivity contribution in [1.29, 1.82) is 5.26 Å². The monoisotopic (exact) mass is 250 g/mol. The molecule has 0 saturated heterocycles. The number of aromatic carboxylic acids is 1. The molecule has 5 heteroatoms. The van der Waals surface area contributed by atoms with Crippen LogP contribution in [-0.4, -0.2) is 28.6 Å². The van der Waals surface area contributed by atoms with E-state index in [4.69, 9.17) is 14.8 Å². The van der Waals surface area contributed by atoms with Gasteiger partial charge in [-0.1, -0.05) is 0 Å². The van der Waals surface area contributed by atoms with Crippen molar-refractivity contribution >= 4 is 5.97 Å². The van der Waals surface area contributed by atoms with Gasteiger partial charge in [-0.3, -0.25) is 4.90 Å². The van der Waals surface area contributed by atoms with Crippen LogP contribution in [0.3, 0.4) is 0 Å². The number of carboxylic acid groups (broad SMARTS) is 1. The highest BCUT2D eigenvalue weighted by Crippen LogP contribution is 2.17. The van der Waals surface area contributed by atoms with Crippen molar-refractivity contribution in [2.45, 2.75) is 39.8 Å². The summed E-state index contributed by atoms with van der Waals surface area (Å²) < 4.78 is 5.31. The Morgan fingerprint density at radius 2 is 2.28 bits per heavy atom. The van der Waals surface area contributed by atoms with Gasteiger partial charge >= 0.3 is 5.97 Å². The molecule has 1 aromatic heterocycles. The maximum Gasteiger partial charge on any atom is 0.372 e. The van der Waals surface area contributed by atoms with Crippen LogP contribution in [0.4, 0.5) is 0 Å². The first-order valence-corrected chi connectivity index (χ1v) is 5.89. The number of carbonyl (C=O) groups is 1. The lowest BCUT2D eigenvalue weighted by Crippen LogP contribution is -2.31. The van der Waals surface area contributed by atoms with E-state index in [2.05, 4.69) is 11.0 Å². The number of furan rings is 1. The largest absolute Gasteiger partial charge is 0.475 e. The first kappa shape index (κ1) is 14.3. The minimum atomic E-state index is -1.05. The minimum absolute atomic E-state index is 0.00557. The van der Waals surface area contributed by atoms with Crippen LogP contribution >= 0.6 is 0 Å². The second-order valence-corrected chi connectivity index (χ2v) is 4.50. The van der Waals surface area contributed by atoms with Gasteiger partial charge in [-0.25, -0.2) is 4.79 Å². The number of aryl methyl sites for hydroxylation is 1. The number of nitriles is 1. The molecule has 0 spiro atoms. The standard InChI is InChI=1S/C13H18N2O3/c1-9(2)15(6-4-5-14)8-11-7-10(3)12(18-11)13(16)17/h7,9H,4,6,8H2,1-3H3,(H,16,17). The molecule has 0 radical (unpaired) electrons. The van der Waals surface area contributed by atoms with E-state index in [0.29, 0.717) is 30.8 Å². The second-order valence-electron chi connectivity index (χ2n) is 4.50. The number of nitrogens with zero attached hydrogens (tertiary/aromatic N) is 2. The van der Waals surface area contributed by atoms with Gasteiger partial charge in [-0.15, -0.1) is 0 Å². The average Bonchev–Trinajstić information content (AvgIpc) is 2.65. The highest BCUT2D eigenvalue weighted by molar-refractivity contribution is 5.86. The molecule has 1 heterocycles. The van der Waals surface area contributed by atoms with E-state index in [1.165, 1.54) is 0 Å². The Labute approximate surface area is 107 Å². The third-order valence-electron chi connectivity index (χ3n) is 2.76. The zero-order chi connectivity index (χ0) is 13.7. The van der Waals surface area contributed by atoms with Gasteiger partial charge in [0.1, 0.15) is 5.76 Å². The van der Waals surface area contributed by atoms with Gasteiger partial charge in [0, 0.05) is 24.6 Å². The van der Waals surface area contributed by atoms with Crippen LogP contribution in [0.1, 0.15) is 42.1 Å². The highest BCUT2D eigenvalue weighted by atomic mass is 16.4. The van der Waals surface area contributed by atoms with Gasteiger partial charge in [0.25, 0.3) is 0 Å². The summed E-state index contributed by atoms with van der Waals surface area (Å²) in [5.41, 5.74) is 0.626. The van der Waals surface area contributed by atoms with Crippen LogP contribution < -0.4 is 0 Å². The van der Waals surface area contributed by atoms with Gasteiger partial charge in [-0.2, -0.15) is 5.26 Å². The molecule has 0 aliphatic rings. The lowest BCUT2D eigenvalue weighted by molar-refractivity contribution is 0.0656. The highest BCUT2D eigenvalue weighted by Gasteiger charge is 2.17. The molecule has 1 aromatic rings. The van der Waals surface area contributed by atoms with E-state index in [1.807, 2.05) is 13.8 Å². The fourth-order valence-corrected chi connectivity index (χ4v) is 1.75. The molecule has 0 bridgehead atoms. The molecule has 0 saturated carbocycles. The summed E-state index contributed by atoms with van der Waals surface area (Å²) >= 11 is 0. The van der Waals surface area contributed by atoms with Gasteiger partial charge in [0.2, 0.25) is 5.76 Å². The fourth-order valence-electron chi connectivity index (χ4n) is 1.75. The summed E-state index contributed by atoms with van der Waals surface area (Å²) in [5, 5.41) is 17.5. The summed E-state index contributed by atoms with van der Waals surface area (Å²) in [6.45, 7) is 6.95. The lowest BCUT2D eigenvalue weighted by atomic mass is 10.2. The normalized spacial score (nSPS) is 10.9. The summed E-state index contributed by atoms with van der Waals surface area (Å²) in [7, 11) is 0. The molecule has 0 aliphatic carbocycles. The van der Waals surface area contributed by atoms with E-state index in [9.17, 15) is 4.79 Å². The SMILES string of the molecule is Cc1cc(CN(CCC#N)C(C)C)oc1C(=O)O. The Morgan fingerprint density at radius 3 is 2.72 bits per heavy atom. The Morgan fingerprint density at radius 1 is 1.61 bits per heavy atom. The molecular formula is C13H18N2O3. The van der Waals surface area contributed by atoms with E-state index in [1.54, 1.807) is 13.0 Å². The third kappa shape index (κ3) is 3.60. The summed E-state index contributed by atoms with van der Waals surface area (Å²) in [5.74, 6) is -0.433. The quantitative estimate of drug-likeness (QED) is 0.838. The Bertz CT molecular complexity index is 457. The molecule has 1 N–H and O–H groups in total. The van der Waals surface area contributed by atoms with Crippen molar-refractivity contribution in [2.24, 2.45) is 0 Å². The van der Waals surface area contributed by atoms with Gasteiger partial charge in [-0.05, 0) is 26.8 Å². The van der Waals surface area contributed by atoms with Crippen LogP contribution in [0.25, 0.3) is 0 Å². The first-order chi connectivity index (χ1) is 8.45. The fraction of sp³-hybridized carbons (Fsp3) is 0.538. The number of carboxylic acids is 1. The van der Waals surface area contributed by atoms with Crippen molar-refractivity contribution in [3.8, 4) is 6.07 Å². The summed E-state index contributed by atoms with van der Waals surface area (Å²) in [4.78, 5) is 13.0. The Balaban J connectivity index is 2.78. The minimum Gasteiger partial charge on any atom is -0.475 e. The van der Waals surface area contributed by atoms with E-state index >= 15 is 0 Å². The van der Waals surface area contributed by atoms with Crippen LogP contribution in [0.5, 0.6) is 0 Å². The lowest BCUT2D eigenvalue weighted by Gasteiger charge is -2.24. The number of hydrogen-bond donors (Lipinski definition) is 1. The van der Waals surface area contributed by atoms with Crippen LogP contribution in [-0.2, 0) is 6.54 Å². The van der Waals surface area contributed by atoms with Crippen LogP contribution in [0.2, 0.25) is 0 Å². The molecule has 0 atom stereocenters. The number of rotatable bonds is 6. The molecule has 1 rings (SSSR count). The van der Waals surface area contributed by atoms with Crippen LogP contribution in [0.15, 0.2) is 10.5 Å². The zero-order valence-electron chi connectivity index (χ0n) is 10.9. The predicted octanol–water partition coefficient (Wildman–Crippen LogP) is 2.41. The molecule has 0 aliphatic heterocycles. The molecule has 0 aromatic carbocycles. The first-order valence-electron chi connectivity index (χ1n) is 5.89. The van der Waals surface area contributed by atoms with E-state index < -0.39 is 5.97 Å². The molecule has 18 heavy (non-hydrogen) atoms. The van der Waals surface area contributed by atoms with E-state index in [0.717, 1.165) is 0 Å². The molecule has 0 unspecified atom stereocenters. The molecule has 0 fully saturated rings. The van der Waals surface area contributed by atoms with Crippen LogP contribution in [0, 0.1) is 18.3 Å². The maximum atomic E-state index is 10.9. The molecule has 0 amide bonds. The Hall–Kier alpha value is -1.80. The van der Waals surface area contributed by atoms with E-state index in [-0.39, 0.29) is 11.8 Å². The molecule has 5 nitrogen and oxygen atoms in total. The van der Waals surface area contributed by atoms with Gasteiger partial charge < -0.3 is 9.52 Å². The summed E-state index contributed by atoms with van der Waals surface area (Å²) in [6.07, 6.45) is 0.448. The van der Waals surface area contributed by atoms with Crippen molar-refractivity contribution in [3.63, 3.8) is 0 Å². The molecule has 98 valence electrons. The molecular weight excluding hydrogens is 232 g/mol. The maximum absolute atomic E-state index is 10.9.